The molecule has 0 saturated heterocycles. The summed E-state index contributed by atoms with van der Waals surface area (Å²) in [4.78, 5) is 11.9. The average Bonchev–Trinajstić information content (AvgIpc) is 2.55. The Kier molecular flexibility index (Phi) is 10.4. The van der Waals surface area contributed by atoms with Crippen molar-refractivity contribution in [3.8, 4) is 0 Å². The Labute approximate surface area is 135 Å². The maximum atomic E-state index is 11.9. The second kappa shape index (κ2) is 12.2. The molecule has 0 unspecified atom stereocenters. The van der Waals surface area contributed by atoms with Crippen molar-refractivity contribution >= 4 is 5.97 Å². The number of hydrogen-bond donors (Lipinski definition) is 0. The first-order valence-electron chi connectivity index (χ1n) is 8.61. The van der Waals surface area contributed by atoms with Crippen molar-refractivity contribution in [3.05, 3.63) is 35.4 Å². The van der Waals surface area contributed by atoms with E-state index in [1.807, 2.05) is 24.3 Å². The number of benzene rings is 1. The van der Waals surface area contributed by atoms with Crippen LogP contribution in [0.5, 0.6) is 0 Å². The summed E-state index contributed by atoms with van der Waals surface area (Å²) in [6, 6.07) is 7.71. The summed E-state index contributed by atoms with van der Waals surface area (Å²) >= 11 is 0. The molecule has 0 heterocycles. The van der Waals surface area contributed by atoms with E-state index in [1.165, 1.54) is 37.7 Å². The minimum Gasteiger partial charge on any atom is -0.460 e. The van der Waals surface area contributed by atoms with Crippen LogP contribution in [0.2, 0.25) is 0 Å². The number of ether oxygens (including phenoxy) is 2. The van der Waals surface area contributed by atoms with Crippen molar-refractivity contribution in [2.75, 3.05) is 19.8 Å². The Hall–Kier alpha value is -1.35. The van der Waals surface area contributed by atoms with Crippen LogP contribution in [0.4, 0.5) is 0 Å². The van der Waals surface area contributed by atoms with Crippen molar-refractivity contribution in [2.24, 2.45) is 0 Å². The van der Waals surface area contributed by atoms with Crippen molar-refractivity contribution in [3.63, 3.8) is 0 Å². The van der Waals surface area contributed by atoms with Crippen LogP contribution in [0.3, 0.4) is 0 Å². The topological polar surface area (TPSA) is 35.5 Å². The third-order valence-electron chi connectivity index (χ3n) is 3.61. The van der Waals surface area contributed by atoms with E-state index in [4.69, 9.17) is 9.47 Å². The monoisotopic (exact) mass is 306 g/mol. The standard InChI is InChI=1S/C19H30O3/c1-3-5-7-8-14-21-15-16-22-19(20)18-12-10-17(11-13-18)9-6-4-2/h10-13H,3-9,14-16H2,1-2H3. The zero-order valence-electron chi connectivity index (χ0n) is 14.1. The maximum absolute atomic E-state index is 11.9. The predicted octanol–water partition coefficient (Wildman–Crippen LogP) is 4.78. The molecule has 22 heavy (non-hydrogen) atoms. The number of aryl methyl sites for hydroxylation is 1. The normalized spacial score (nSPS) is 10.6. The molecule has 124 valence electrons. The van der Waals surface area contributed by atoms with Gasteiger partial charge in [0.05, 0.1) is 12.2 Å². The molecular formula is C19H30O3. The molecule has 1 rings (SSSR count). The maximum Gasteiger partial charge on any atom is 0.338 e. The summed E-state index contributed by atoms with van der Waals surface area (Å²) in [5.41, 5.74) is 1.89. The van der Waals surface area contributed by atoms with Crippen LogP contribution in [0, 0.1) is 0 Å². The summed E-state index contributed by atoms with van der Waals surface area (Å²) < 4.78 is 10.7. The van der Waals surface area contributed by atoms with E-state index in [1.54, 1.807) is 0 Å². The Morgan fingerprint density at radius 1 is 0.864 bits per heavy atom. The molecule has 0 atom stereocenters. The molecular weight excluding hydrogens is 276 g/mol. The first-order chi connectivity index (χ1) is 10.8. The van der Waals surface area contributed by atoms with Gasteiger partial charge in [-0.15, -0.1) is 0 Å². The van der Waals surface area contributed by atoms with Gasteiger partial charge >= 0.3 is 5.97 Å². The zero-order chi connectivity index (χ0) is 16.0. The smallest absolute Gasteiger partial charge is 0.338 e. The fourth-order valence-corrected chi connectivity index (χ4v) is 2.20. The Morgan fingerprint density at radius 2 is 1.59 bits per heavy atom. The lowest BCUT2D eigenvalue weighted by Crippen LogP contribution is -2.11. The van der Waals surface area contributed by atoms with E-state index in [2.05, 4.69) is 13.8 Å². The van der Waals surface area contributed by atoms with Crippen LogP contribution < -0.4 is 0 Å². The molecule has 0 aromatic heterocycles. The summed E-state index contributed by atoms with van der Waals surface area (Å²) in [6.45, 7) is 5.93. The van der Waals surface area contributed by atoms with E-state index in [9.17, 15) is 4.79 Å². The number of carbonyl (C=O) groups excluding carboxylic acids is 1. The summed E-state index contributed by atoms with van der Waals surface area (Å²) in [5.74, 6) is -0.267. The van der Waals surface area contributed by atoms with Gasteiger partial charge in [-0.2, -0.15) is 0 Å². The molecule has 3 nitrogen and oxygen atoms in total. The lowest BCUT2D eigenvalue weighted by atomic mass is 10.1. The van der Waals surface area contributed by atoms with Gasteiger partial charge in [-0.25, -0.2) is 4.79 Å². The second-order valence-corrected chi connectivity index (χ2v) is 5.61. The number of carbonyl (C=O) groups is 1. The van der Waals surface area contributed by atoms with Gasteiger partial charge in [0.25, 0.3) is 0 Å². The van der Waals surface area contributed by atoms with Crippen LogP contribution >= 0.6 is 0 Å². The summed E-state index contributed by atoms with van der Waals surface area (Å²) in [6.07, 6.45) is 8.21. The molecule has 1 aromatic carbocycles. The van der Waals surface area contributed by atoms with Crippen LogP contribution in [0.25, 0.3) is 0 Å². The van der Waals surface area contributed by atoms with E-state index < -0.39 is 0 Å². The molecule has 3 heteroatoms. The average molecular weight is 306 g/mol. The number of esters is 1. The molecule has 0 spiro atoms. The van der Waals surface area contributed by atoms with E-state index in [-0.39, 0.29) is 5.97 Å². The number of rotatable bonds is 12. The fraction of sp³-hybridized carbons (Fsp3) is 0.632. The minimum absolute atomic E-state index is 0.267. The van der Waals surface area contributed by atoms with Crippen molar-refractivity contribution < 1.29 is 14.3 Å². The molecule has 0 aliphatic carbocycles. The summed E-state index contributed by atoms with van der Waals surface area (Å²) in [7, 11) is 0. The van der Waals surface area contributed by atoms with Crippen LogP contribution in [0.1, 0.15) is 68.3 Å². The molecule has 0 aliphatic rings. The Morgan fingerprint density at radius 3 is 2.27 bits per heavy atom. The largest absolute Gasteiger partial charge is 0.460 e. The van der Waals surface area contributed by atoms with Gasteiger partial charge in [0.2, 0.25) is 0 Å². The lowest BCUT2D eigenvalue weighted by molar-refractivity contribution is 0.0312. The Balaban J connectivity index is 2.14. The minimum atomic E-state index is -0.267. The molecule has 0 aliphatic heterocycles. The third kappa shape index (κ3) is 8.18. The molecule has 0 fully saturated rings. The fourth-order valence-electron chi connectivity index (χ4n) is 2.20. The van der Waals surface area contributed by atoms with E-state index in [0.29, 0.717) is 18.8 Å². The Bertz CT molecular complexity index is 398. The molecule has 0 amide bonds. The van der Waals surface area contributed by atoms with Gasteiger partial charge in [-0.1, -0.05) is 51.7 Å². The SMILES string of the molecule is CCCCCCOCCOC(=O)c1ccc(CCCC)cc1. The second-order valence-electron chi connectivity index (χ2n) is 5.61. The zero-order valence-corrected chi connectivity index (χ0v) is 14.1. The highest BCUT2D eigenvalue weighted by atomic mass is 16.6. The van der Waals surface area contributed by atoms with Crippen molar-refractivity contribution in [1.29, 1.82) is 0 Å². The summed E-state index contributed by atoms with van der Waals surface area (Å²) in [5, 5.41) is 0. The molecule has 0 N–H and O–H groups in total. The number of unbranched alkanes of at least 4 members (excludes halogenated alkanes) is 4. The quantitative estimate of drug-likeness (QED) is 0.412. The van der Waals surface area contributed by atoms with Crippen LogP contribution in [0.15, 0.2) is 24.3 Å². The van der Waals surface area contributed by atoms with Gasteiger partial charge in [0.1, 0.15) is 6.61 Å². The van der Waals surface area contributed by atoms with Crippen molar-refractivity contribution in [1.82, 2.24) is 0 Å². The predicted molar refractivity (Wildman–Crippen MR) is 90.3 cm³/mol. The van der Waals surface area contributed by atoms with Gasteiger partial charge < -0.3 is 9.47 Å². The molecule has 1 aromatic rings. The first kappa shape index (κ1) is 18.7. The third-order valence-corrected chi connectivity index (χ3v) is 3.61. The van der Waals surface area contributed by atoms with Gasteiger partial charge in [-0.3, -0.25) is 0 Å². The van der Waals surface area contributed by atoms with Crippen LogP contribution in [-0.4, -0.2) is 25.8 Å². The molecule has 0 radical (unpaired) electrons. The highest BCUT2D eigenvalue weighted by molar-refractivity contribution is 5.89. The van der Waals surface area contributed by atoms with Crippen molar-refractivity contribution in [2.45, 2.75) is 58.8 Å². The van der Waals surface area contributed by atoms with Gasteiger partial charge in [0, 0.05) is 6.61 Å². The highest BCUT2D eigenvalue weighted by Crippen LogP contribution is 2.09. The number of hydrogen-bond acceptors (Lipinski definition) is 3. The highest BCUT2D eigenvalue weighted by Gasteiger charge is 2.06. The molecule has 0 bridgehead atoms. The first-order valence-corrected chi connectivity index (χ1v) is 8.61. The lowest BCUT2D eigenvalue weighted by Gasteiger charge is -2.07. The van der Waals surface area contributed by atoms with Gasteiger partial charge in [-0.05, 0) is 37.0 Å². The molecule has 0 saturated carbocycles. The van der Waals surface area contributed by atoms with E-state index in [0.717, 1.165) is 19.4 Å². The van der Waals surface area contributed by atoms with E-state index >= 15 is 0 Å². The van der Waals surface area contributed by atoms with Crippen LogP contribution in [-0.2, 0) is 15.9 Å². The van der Waals surface area contributed by atoms with Gasteiger partial charge in [0.15, 0.2) is 0 Å².